The Bertz CT molecular complexity index is 500. The van der Waals surface area contributed by atoms with Gasteiger partial charge >= 0.3 is 0 Å². The summed E-state index contributed by atoms with van der Waals surface area (Å²) in [5, 5.41) is 0. The second kappa shape index (κ2) is 6.53. The lowest BCUT2D eigenvalue weighted by Gasteiger charge is -2.05. The summed E-state index contributed by atoms with van der Waals surface area (Å²) < 4.78 is 6.77. The molecule has 0 heterocycles. The van der Waals surface area contributed by atoms with Crippen LogP contribution in [0.2, 0.25) is 0 Å². The number of benzene rings is 2. The van der Waals surface area contributed by atoms with Crippen LogP contribution in [0.15, 0.2) is 59.6 Å². The van der Waals surface area contributed by atoms with Gasteiger partial charge in [0.1, 0.15) is 0 Å². The monoisotopic (exact) mass is 302 g/mol. The van der Waals surface area contributed by atoms with Crippen molar-refractivity contribution in [3.05, 3.63) is 76.3 Å². The van der Waals surface area contributed by atoms with Crippen LogP contribution in [0.25, 0.3) is 6.08 Å². The maximum atomic E-state index is 5.68. The van der Waals surface area contributed by atoms with Crippen molar-refractivity contribution >= 4 is 22.0 Å². The van der Waals surface area contributed by atoms with Crippen LogP contribution in [0.3, 0.4) is 0 Å². The lowest BCUT2D eigenvalue weighted by atomic mass is 10.1. The molecule has 0 N–H and O–H groups in total. The SMILES string of the molecule is C=Cc1ccc(COCc2ccc(Br)cc2)cc1. The standard InChI is InChI=1S/C16H15BrO/c1-2-13-3-5-14(6-4-13)11-18-12-15-7-9-16(17)10-8-15/h2-10H,1,11-12H2. The second-order valence-electron chi connectivity index (χ2n) is 4.06. The predicted molar refractivity (Wildman–Crippen MR) is 79.2 cm³/mol. The first-order valence-corrected chi connectivity index (χ1v) is 6.61. The van der Waals surface area contributed by atoms with Crippen LogP contribution in [0.1, 0.15) is 16.7 Å². The fraction of sp³-hybridized carbons (Fsp3) is 0.125. The number of ether oxygens (including phenoxy) is 1. The van der Waals surface area contributed by atoms with Crippen molar-refractivity contribution in [2.45, 2.75) is 13.2 Å². The first kappa shape index (κ1) is 13.1. The molecule has 2 aromatic rings. The molecule has 0 aliphatic rings. The third-order valence-electron chi connectivity index (χ3n) is 2.67. The van der Waals surface area contributed by atoms with E-state index < -0.39 is 0 Å². The summed E-state index contributed by atoms with van der Waals surface area (Å²) in [4.78, 5) is 0. The van der Waals surface area contributed by atoms with Gasteiger partial charge in [-0.3, -0.25) is 0 Å². The maximum absolute atomic E-state index is 5.68. The molecule has 0 atom stereocenters. The molecule has 0 saturated heterocycles. The summed E-state index contributed by atoms with van der Waals surface area (Å²) in [6, 6.07) is 16.4. The molecule has 0 unspecified atom stereocenters. The van der Waals surface area contributed by atoms with Gasteiger partial charge in [-0.15, -0.1) is 0 Å². The Morgan fingerprint density at radius 2 is 1.39 bits per heavy atom. The highest BCUT2D eigenvalue weighted by atomic mass is 79.9. The first-order valence-electron chi connectivity index (χ1n) is 5.81. The van der Waals surface area contributed by atoms with Gasteiger partial charge in [0.2, 0.25) is 0 Å². The van der Waals surface area contributed by atoms with Crippen LogP contribution in [-0.4, -0.2) is 0 Å². The lowest BCUT2D eigenvalue weighted by Crippen LogP contribution is -1.94. The van der Waals surface area contributed by atoms with Crippen molar-refractivity contribution in [3.63, 3.8) is 0 Å². The van der Waals surface area contributed by atoms with E-state index in [2.05, 4.69) is 46.8 Å². The molecule has 1 nitrogen and oxygen atoms in total. The summed E-state index contributed by atoms with van der Waals surface area (Å²) in [6.07, 6.45) is 1.84. The van der Waals surface area contributed by atoms with Crippen molar-refractivity contribution in [3.8, 4) is 0 Å². The van der Waals surface area contributed by atoms with Crippen LogP contribution in [-0.2, 0) is 18.0 Å². The first-order chi connectivity index (χ1) is 8.78. The van der Waals surface area contributed by atoms with Crippen molar-refractivity contribution in [1.82, 2.24) is 0 Å². The normalized spacial score (nSPS) is 10.3. The summed E-state index contributed by atoms with van der Waals surface area (Å²) in [6.45, 7) is 5.00. The minimum atomic E-state index is 0.632. The van der Waals surface area contributed by atoms with Gasteiger partial charge in [-0.05, 0) is 28.8 Å². The van der Waals surface area contributed by atoms with Crippen LogP contribution < -0.4 is 0 Å². The number of hydrogen-bond acceptors (Lipinski definition) is 1. The van der Waals surface area contributed by atoms with E-state index in [0.29, 0.717) is 13.2 Å². The van der Waals surface area contributed by atoms with E-state index in [-0.39, 0.29) is 0 Å². The molecule has 0 aliphatic heterocycles. The van der Waals surface area contributed by atoms with Gasteiger partial charge in [0.25, 0.3) is 0 Å². The molecule has 2 heteroatoms. The van der Waals surface area contributed by atoms with E-state index in [4.69, 9.17) is 4.74 Å². The van der Waals surface area contributed by atoms with Crippen molar-refractivity contribution < 1.29 is 4.74 Å². The summed E-state index contributed by atoms with van der Waals surface area (Å²) in [5.41, 5.74) is 3.49. The topological polar surface area (TPSA) is 9.23 Å². The molecule has 0 aliphatic carbocycles. The average molecular weight is 303 g/mol. The Balaban J connectivity index is 1.84. The molecule has 0 spiro atoms. The van der Waals surface area contributed by atoms with Gasteiger partial charge in [0, 0.05) is 4.47 Å². The van der Waals surface area contributed by atoms with Gasteiger partial charge in [-0.1, -0.05) is 65.0 Å². The third-order valence-corrected chi connectivity index (χ3v) is 3.19. The summed E-state index contributed by atoms with van der Waals surface area (Å²) in [5.74, 6) is 0. The van der Waals surface area contributed by atoms with Crippen LogP contribution in [0.5, 0.6) is 0 Å². The lowest BCUT2D eigenvalue weighted by molar-refractivity contribution is 0.107. The van der Waals surface area contributed by atoms with E-state index >= 15 is 0 Å². The highest BCUT2D eigenvalue weighted by Gasteiger charge is 1.96. The molecule has 2 aromatic carbocycles. The Morgan fingerprint density at radius 1 is 0.889 bits per heavy atom. The van der Waals surface area contributed by atoms with Crippen LogP contribution in [0.4, 0.5) is 0 Å². The Kier molecular flexibility index (Phi) is 4.73. The van der Waals surface area contributed by atoms with E-state index in [1.165, 1.54) is 11.1 Å². The highest BCUT2D eigenvalue weighted by Crippen LogP contribution is 2.12. The Labute approximate surface area is 116 Å². The van der Waals surface area contributed by atoms with Gasteiger partial charge in [0.15, 0.2) is 0 Å². The summed E-state index contributed by atoms with van der Waals surface area (Å²) in [7, 11) is 0. The highest BCUT2D eigenvalue weighted by molar-refractivity contribution is 9.10. The predicted octanol–water partition coefficient (Wildman–Crippen LogP) is 4.81. The van der Waals surface area contributed by atoms with E-state index in [1.54, 1.807) is 0 Å². The number of halogens is 1. The van der Waals surface area contributed by atoms with Crippen LogP contribution >= 0.6 is 15.9 Å². The molecule has 18 heavy (non-hydrogen) atoms. The van der Waals surface area contributed by atoms with Crippen molar-refractivity contribution in [2.24, 2.45) is 0 Å². The molecular weight excluding hydrogens is 288 g/mol. The number of hydrogen-bond donors (Lipinski definition) is 0. The smallest absolute Gasteiger partial charge is 0.0721 e. The van der Waals surface area contributed by atoms with Crippen molar-refractivity contribution in [2.75, 3.05) is 0 Å². The minimum absolute atomic E-state index is 0.632. The molecule has 0 fully saturated rings. The third kappa shape index (κ3) is 3.83. The van der Waals surface area contributed by atoms with Gasteiger partial charge in [0.05, 0.1) is 13.2 Å². The Hall–Kier alpha value is -1.38. The fourth-order valence-electron chi connectivity index (χ4n) is 1.62. The van der Waals surface area contributed by atoms with Crippen LogP contribution in [0, 0.1) is 0 Å². The Morgan fingerprint density at radius 3 is 1.89 bits per heavy atom. The summed E-state index contributed by atoms with van der Waals surface area (Å²) >= 11 is 3.41. The molecule has 0 saturated carbocycles. The second-order valence-corrected chi connectivity index (χ2v) is 4.98. The molecule has 0 radical (unpaired) electrons. The molecule has 2 rings (SSSR count). The van der Waals surface area contributed by atoms with Gasteiger partial charge in [-0.25, -0.2) is 0 Å². The molecule has 0 bridgehead atoms. The molecular formula is C16H15BrO. The van der Waals surface area contributed by atoms with E-state index in [0.717, 1.165) is 10.0 Å². The van der Waals surface area contributed by atoms with Gasteiger partial charge in [-0.2, -0.15) is 0 Å². The minimum Gasteiger partial charge on any atom is -0.372 e. The van der Waals surface area contributed by atoms with Gasteiger partial charge < -0.3 is 4.74 Å². The fourth-order valence-corrected chi connectivity index (χ4v) is 1.88. The number of rotatable bonds is 5. The maximum Gasteiger partial charge on any atom is 0.0721 e. The van der Waals surface area contributed by atoms with E-state index in [1.807, 2.05) is 30.3 Å². The average Bonchev–Trinajstić information content (AvgIpc) is 2.42. The molecule has 92 valence electrons. The molecule has 0 amide bonds. The quantitative estimate of drug-likeness (QED) is 0.770. The molecule has 0 aromatic heterocycles. The zero-order valence-corrected chi connectivity index (χ0v) is 11.7. The van der Waals surface area contributed by atoms with E-state index in [9.17, 15) is 0 Å². The zero-order chi connectivity index (χ0) is 12.8. The zero-order valence-electron chi connectivity index (χ0n) is 10.1. The van der Waals surface area contributed by atoms with Crippen molar-refractivity contribution in [1.29, 1.82) is 0 Å². The largest absolute Gasteiger partial charge is 0.372 e.